The fraction of sp³-hybridized carbons (Fsp3) is 0.357. The molecule has 0 fully saturated rings. The SMILES string of the molecule is Cc1cccc(-c2nc3sc4c(c3c(=O)n2CCCCOc2ccccc2C)CCCC4)c1. The number of hydrogen-bond acceptors (Lipinski definition) is 4. The van der Waals surface area contributed by atoms with Gasteiger partial charge in [-0.2, -0.15) is 0 Å². The maximum absolute atomic E-state index is 13.8. The molecule has 2 heterocycles. The van der Waals surface area contributed by atoms with Crippen LogP contribution in [-0.4, -0.2) is 16.2 Å². The molecule has 2 aromatic carbocycles. The summed E-state index contributed by atoms with van der Waals surface area (Å²) in [5.41, 5.74) is 4.70. The normalized spacial score (nSPS) is 13.3. The first-order valence-electron chi connectivity index (χ1n) is 11.9. The molecule has 1 aliphatic carbocycles. The molecule has 0 amide bonds. The van der Waals surface area contributed by atoms with Crippen molar-refractivity contribution < 1.29 is 4.74 Å². The zero-order valence-corrected chi connectivity index (χ0v) is 20.2. The van der Waals surface area contributed by atoms with E-state index in [1.54, 1.807) is 11.3 Å². The van der Waals surface area contributed by atoms with Crippen molar-refractivity contribution in [1.29, 1.82) is 0 Å². The van der Waals surface area contributed by atoms with Gasteiger partial charge in [-0.25, -0.2) is 4.98 Å². The fourth-order valence-corrected chi connectivity index (χ4v) is 5.97. The van der Waals surface area contributed by atoms with E-state index in [1.807, 2.05) is 28.8 Å². The number of rotatable bonds is 7. The van der Waals surface area contributed by atoms with E-state index < -0.39 is 0 Å². The van der Waals surface area contributed by atoms with E-state index in [0.717, 1.165) is 65.0 Å². The monoisotopic (exact) mass is 458 g/mol. The van der Waals surface area contributed by atoms with Crippen LogP contribution in [0.5, 0.6) is 5.75 Å². The molecule has 4 nitrogen and oxygen atoms in total. The fourth-order valence-electron chi connectivity index (χ4n) is 4.72. The van der Waals surface area contributed by atoms with Gasteiger partial charge in [-0.05, 0) is 75.6 Å². The molecule has 0 radical (unpaired) electrons. The van der Waals surface area contributed by atoms with Crippen LogP contribution >= 0.6 is 11.3 Å². The summed E-state index contributed by atoms with van der Waals surface area (Å²) in [4.78, 5) is 21.1. The van der Waals surface area contributed by atoms with Crippen LogP contribution in [0.3, 0.4) is 0 Å². The minimum Gasteiger partial charge on any atom is -0.493 e. The second kappa shape index (κ2) is 9.52. The number of fused-ring (bicyclic) bond motifs is 3. The molecule has 0 bridgehead atoms. The van der Waals surface area contributed by atoms with Gasteiger partial charge >= 0.3 is 0 Å². The van der Waals surface area contributed by atoms with Gasteiger partial charge in [0.05, 0.1) is 12.0 Å². The highest BCUT2D eigenvalue weighted by Crippen LogP contribution is 2.35. The molecule has 0 atom stereocenters. The Bertz CT molecular complexity index is 1350. The van der Waals surface area contributed by atoms with Gasteiger partial charge in [0.2, 0.25) is 0 Å². The summed E-state index contributed by atoms with van der Waals surface area (Å²) in [5, 5.41) is 0.863. The average Bonchev–Trinajstić information content (AvgIpc) is 3.20. The van der Waals surface area contributed by atoms with E-state index in [9.17, 15) is 4.79 Å². The lowest BCUT2D eigenvalue weighted by molar-refractivity contribution is 0.301. The van der Waals surface area contributed by atoms with Crippen molar-refractivity contribution in [2.24, 2.45) is 0 Å². The van der Waals surface area contributed by atoms with E-state index in [1.165, 1.54) is 22.4 Å². The number of hydrogen-bond donors (Lipinski definition) is 0. The molecular formula is C28H30N2O2S. The van der Waals surface area contributed by atoms with Crippen LogP contribution in [-0.2, 0) is 19.4 Å². The molecule has 5 heteroatoms. The Morgan fingerprint density at radius 2 is 1.88 bits per heavy atom. The quantitative estimate of drug-likeness (QED) is 0.298. The Morgan fingerprint density at radius 1 is 1.03 bits per heavy atom. The van der Waals surface area contributed by atoms with Crippen molar-refractivity contribution in [1.82, 2.24) is 9.55 Å². The largest absolute Gasteiger partial charge is 0.493 e. The lowest BCUT2D eigenvalue weighted by Crippen LogP contribution is -2.24. The van der Waals surface area contributed by atoms with E-state index in [2.05, 4.69) is 38.1 Å². The van der Waals surface area contributed by atoms with Crippen LogP contribution in [0.1, 0.15) is 47.3 Å². The van der Waals surface area contributed by atoms with Gasteiger partial charge in [-0.3, -0.25) is 9.36 Å². The number of para-hydroxylation sites is 1. The molecule has 0 aliphatic heterocycles. The predicted octanol–water partition coefficient (Wildman–Crippen LogP) is 6.48. The Kier molecular flexibility index (Phi) is 6.32. The first-order chi connectivity index (χ1) is 16.1. The third-order valence-electron chi connectivity index (χ3n) is 6.48. The molecule has 5 rings (SSSR count). The number of thiophene rings is 1. The van der Waals surface area contributed by atoms with Gasteiger partial charge in [0.15, 0.2) is 0 Å². The van der Waals surface area contributed by atoms with Crippen molar-refractivity contribution in [2.75, 3.05) is 6.61 Å². The maximum Gasteiger partial charge on any atom is 0.262 e. The molecule has 33 heavy (non-hydrogen) atoms. The molecule has 2 aromatic heterocycles. The van der Waals surface area contributed by atoms with Crippen molar-refractivity contribution in [3.63, 3.8) is 0 Å². The van der Waals surface area contributed by atoms with Crippen molar-refractivity contribution in [3.05, 3.63) is 80.5 Å². The Balaban J connectivity index is 1.44. The van der Waals surface area contributed by atoms with Gasteiger partial charge in [0.1, 0.15) is 16.4 Å². The average molecular weight is 459 g/mol. The summed E-state index contributed by atoms with van der Waals surface area (Å²) in [7, 11) is 0. The highest BCUT2D eigenvalue weighted by atomic mass is 32.1. The van der Waals surface area contributed by atoms with E-state index in [0.29, 0.717) is 13.2 Å². The minimum atomic E-state index is 0.121. The second-order valence-electron chi connectivity index (χ2n) is 8.97. The predicted molar refractivity (Wildman–Crippen MR) is 137 cm³/mol. The molecule has 0 saturated heterocycles. The number of benzene rings is 2. The minimum absolute atomic E-state index is 0.121. The third kappa shape index (κ3) is 4.47. The molecule has 170 valence electrons. The zero-order chi connectivity index (χ0) is 22.8. The van der Waals surface area contributed by atoms with Gasteiger partial charge in [-0.15, -0.1) is 11.3 Å². The zero-order valence-electron chi connectivity index (χ0n) is 19.4. The van der Waals surface area contributed by atoms with E-state index >= 15 is 0 Å². The summed E-state index contributed by atoms with van der Waals surface area (Å²) < 4.78 is 7.88. The summed E-state index contributed by atoms with van der Waals surface area (Å²) in [6.45, 7) is 5.43. The topological polar surface area (TPSA) is 44.1 Å². The first kappa shape index (κ1) is 21.9. The van der Waals surface area contributed by atoms with Crippen LogP contribution in [0.25, 0.3) is 21.6 Å². The van der Waals surface area contributed by atoms with Gasteiger partial charge < -0.3 is 4.74 Å². The van der Waals surface area contributed by atoms with Crippen LogP contribution in [0, 0.1) is 13.8 Å². The van der Waals surface area contributed by atoms with Crippen molar-refractivity contribution in [3.8, 4) is 17.1 Å². The third-order valence-corrected chi connectivity index (χ3v) is 7.66. The Labute approximate surface area is 198 Å². The number of nitrogens with zero attached hydrogens (tertiary/aromatic N) is 2. The number of aryl methyl sites for hydroxylation is 4. The molecule has 0 unspecified atom stereocenters. The van der Waals surface area contributed by atoms with Crippen LogP contribution in [0.4, 0.5) is 0 Å². The van der Waals surface area contributed by atoms with Crippen LogP contribution in [0.15, 0.2) is 53.3 Å². The Hall–Kier alpha value is -2.92. The summed E-state index contributed by atoms with van der Waals surface area (Å²) in [5.74, 6) is 1.72. The number of aromatic nitrogens is 2. The van der Waals surface area contributed by atoms with E-state index in [-0.39, 0.29) is 5.56 Å². The highest BCUT2D eigenvalue weighted by Gasteiger charge is 2.22. The maximum atomic E-state index is 13.8. The van der Waals surface area contributed by atoms with Crippen molar-refractivity contribution in [2.45, 2.75) is 58.9 Å². The van der Waals surface area contributed by atoms with Crippen LogP contribution < -0.4 is 10.3 Å². The van der Waals surface area contributed by atoms with Gasteiger partial charge in [-0.1, -0.05) is 42.0 Å². The lowest BCUT2D eigenvalue weighted by Gasteiger charge is -2.15. The van der Waals surface area contributed by atoms with Crippen LogP contribution in [0.2, 0.25) is 0 Å². The van der Waals surface area contributed by atoms with Gasteiger partial charge in [0, 0.05) is 17.0 Å². The van der Waals surface area contributed by atoms with Crippen molar-refractivity contribution >= 4 is 21.6 Å². The number of unbranched alkanes of at least 4 members (excludes halogenated alkanes) is 1. The number of ether oxygens (including phenoxy) is 1. The molecular weight excluding hydrogens is 428 g/mol. The molecule has 0 N–H and O–H groups in total. The lowest BCUT2D eigenvalue weighted by atomic mass is 9.97. The standard InChI is InChI=1S/C28H30N2O2S/c1-19-10-9-12-21(18-19)26-29-27-25(22-13-4-6-15-24(22)33-27)28(31)30(26)16-7-8-17-32-23-14-5-3-11-20(23)2/h3,5,9-12,14,18H,4,6-8,13,15-17H2,1-2H3. The Morgan fingerprint density at radius 3 is 2.73 bits per heavy atom. The molecule has 0 spiro atoms. The molecule has 0 saturated carbocycles. The summed E-state index contributed by atoms with van der Waals surface area (Å²) >= 11 is 1.72. The van der Waals surface area contributed by atoms with Gasteiger partial charge in [0.25, 0.3) is 5.56 Å². The smallest absolute Gasteiger partial charge is 0.262 e. The van der Waals surface area contributed by atoms with E-state index in [4.69, 9.17) is 9.72 Å². The molecule has 1 aliphatic rings. The molecule has 4 aromatic rings. The first-order valence-corrected chi connectivity index (χ1v) is 12.7. The summed E-state index contributed by atoms with van der Waals surface area (Å²) in [6.07, 6.45) is 6.19. The highest BCUT2D eigenvalue weighted by molar-refractivity contribution is 7.18. The summed E-state index contributed by atoms with van der Waals surface area (Å²) in [6, 6.07) is 16.4. The second-order valence-corrected chi connectivity index (χ2v) is 10.1.